The smallest absolute Gasteiger partial charge is 0.309 e. The first-order valence-electron chi connectivity index (χ1n) is 10.6. The number of amides is 1. The Morgan fingerprint density at radius 1 is 1.14 bits per heavy atom. The van der Waals surface area contributed by atoms with E-state index >= 15 is 0 Å². The highest BCUT2D eigenvalue weighted by molar-refractivity contribution is 9.10. The molecule has 0 bridgehead atoms. The maximum absolute atomic E-state index is 13.6. The SMILES string of the molecule is CC1(c2ccc(Cl)cn2)C(=O)Nc2nc(-c3cn4ccnc4c(CCC(F)(F)C(F)(F)F)n3)nc(Br)c21. The van der Waals surface area contributed by atoms with E-state index in [1.165, 1.54) is 29.2 Å². The molecule has 192 valence electrons. The third kappa shape index (κ3) is 4.21. The Hall–Kier alpha value is -3.26. The number of nitrogens with one attached hydrogen (secondary N) is 1. The van der Waals surface area contributed by atoms with Gasteiger partial charge in [-0.25, -0.2) is 19.9 Å². The monoisotopic (exact) mass is 601 g/mol. The number of fused-ring (bicyclic) bond motifs is 2. The van der Waals surface area contributed by atoms with Crippen LogP contribution in [0.3, 0.4) is 0 Å². The second kappa shape index (κ2) is 8.65. The van der Waals surface area contributed by atoms with E-state index in [1.54, 1.807) is 19.1 Å². The van der Waals surface area contributed by atoms with Gasteiger partial charge in [-0.2, -0.15) is 22.0 Å². The molecule has 8 nitrogen and oxygen atoms in total. The number of carbonyl (C=O) groups excluding carboxylic acids is 1. The summed E-state index contributed by atoms with van der Waals surface area (Å²) < 4.78 is 66.9. The second-order valence-electron chi connectivity index (χ2n) is 8.44. The van der Waals surface area contributed by atoms with Crippen LogP contribution in [0.15, 0.2) is 41.5 Å². The number of imidazole rings is 1. The van der Waals surface area contributed by atoms with E-state index in [1.807, 2.05) is 0 Å². The summed E-state index contributed by atoms with van der Waals surface area (Å²) in [5.41, 5.74) is -0.344. The minimum atomic E-state index is -5.69. The van der Waals surface area contributed by atoms with E-state index < -0.39 is 36.3 Å². The van der Waals surface area contributed by atoms with E-state index in [0.29, 0.717) is 16.3 Å². The highest BCUT2D eigenvalue weighted by atomic mass is 79.9. The Labute approximate surface area is 218 Å². The lowest BCUT2D eigenvalue weighted by atomic mass is 9.81. The third-order valence-corrected chi connectivity index (χ3v) is 6.85. The maximum Gasteiger partial charge on any atom is 0.453 e. The van der Waals surface area contributed by atoms with Crippen molar-refractivity contribution in [3.8, 4) is 11.5 Å². The zero-order chi connectivity index (χ0) is 26.8. The summed E-state index contributed by atoms with van der Waals surface area (Å²) in [6.07, 6.45) is -2.19. The van der Waals surface area contributed by atoms with E-state index in [9.17, 15) is 26.7 Å². The van der Waals surface area contributed by atoms with Crippen LogP contribution in [-0.2, 0) is 16.6 Å². The van der Waals surface area contributed by atoms with Gasteiger partial charge in [0.25, 0.3) is 0 Å². The van der Waals surface area contributed by atoms with Crippen LogP contribution in [-0.4, -0.2) is 47.3 Å². The molecule has 5 heterocycles. The predicted molar refractivity (Wildman–Crippen MR) is 125 cm³/mol. The number of aromatic nitrogens is 6. The fourth-order valence-electron chi connectivity index (χ4n) is 4.03. The number of hydrogen-bond donors (Lipinski definition) is 1. The van der Waals surface area contributed by atoms with Crippen LogP contribution in [0, 0.1) is 0 Å². The third-order valence-electron chi connectivity index (χ3n) is 6.05. The van der Waals surface area contributed by atoms with Crippen molar-refractivity contribution in [3.63, 3.8) is 0 Å². The summed E-state index contributed by atoms with van der Waals surface area (Å²) in [7, 11) is 0. The molecule has 15 heteroatoms. The molecule has 5 rings (SSSR count). The molecule has 0 saturated carbocycles. The number of aryl methyl sites for hydroxylation is 1. The van der Waals surface area contributed by atoms with Crippen molar-refractivity contribution in [1.82, 2.24) is 29.3 Å². The lowest BCUT2D eigenvalue weighted by molar-refractivity contribution is -0.284. The van der Waals surface area contributed by atoms with Gasteiger partial charge in [0, 0.05) is 36.8 Å². The fourth-order valence-corrected chi connectivity index (χ4v) is 4.90. The van der Waals surface area contributed by atoms with Crippen LogP contribution in [0.1, 0.15) is 30.3 Å². The molecule has 37 heavy (non-hydrogen) atoms. The maximum atomic E-state index is 13.6. The largest absolute Gasteiger partial charge is 0.453 e. The summed E-state index contributed by atoms with van der Waals surface area (Å²) in [4.78, 5) is 34.4. The van der Waals surface area contributed by atoms with Crippen LogP contribution in [0.4, 0.5) is 27.8 Å². The molecule has 1 N–H and O–H groups in total. The quantitative estimate of drug-likeness (QED) is 0.243. The van der Waals surface area contributed by atoms with Gasteiger partial charge in [0.1, 0.15) is 21.5 Å². The highest BCUT2D eigenvalue weighted by Crippen LogP contribution is 2.45. The summed E-state index contributed by atoms with van der Waals surface area (Å²) in [5, 5.41) is 3.09. The number of carbonyl (C=O) groups is 1. The van der Waals surface area contributed by atoms with Gasteiger partial charge in [-0.15, -0.1) is 0 Å². The standard InChI is InChI=1S/C22H14BrClF5N7O/c1-20(13-3-2-10(24)8-31-13)14-15(23)33-16(34-17(14)35-19(20)37)12-9-36-7-6-30-18(36)11(32-12)4-5-21(25,26)22(27,28)29/h2-3,6-9H,4-5H2,1H3,(H,33,34,35,37). The number of rotatable bonds is 5. The fraction of sp³-hybridized carbons (Fsp3) is 0.273. The van der Waals surface area contributed by atoms with Crippen LogP contribution < -0.4 is 5.32 Å². The first-order chi connectivity index (χ1) is 17.3. The number of alkyl halides is 5. The van der Waals surface area contributed by atoms with Crippen LogP contribution in [0.2, 0.25) is 5.02 Å². The Balaban J connectivity index is 1.57. The van der Waals surface area contributed by atoms with E-state index in [4.69, 9.17) is 11.6 Å². The molecule has 0 aliphatic carbocycles. The molecule has 0 radical (unpaired) electrons. The molecule has 4 aromatic rings. The summed E-state index contributed by atoms with van der Waals surface area (Å²) >= 11 is 9.31. The number of pyridine rings is 1. The summed E-state index contributed by atoms with van der Waals surface area (Å²) in [5.74, 6) is -5.15. The average molecular weight is 603 g/mol. The van der Waals surface area contributed by atoms with Crippen molar-refractivity contribution in [2.45, 2.75) is 37.3 Å². The van der Waals surface area contributed by atoms with Crippen molar-refractivity contribution in [1.29, 1.82) is 0 Å². The molecule has 0 aromatic carbocycles. The molecule has 1 aliphatic rings. The van der Waals surface area contributed by atoms with E-state index in [2.05, 4.69) is 46.2 Å². The van der Waals surface area contributed by atoms with Crippen molar-refractivity contribution < 1.29 is 26.7 Å². The zero-order valence-corrected chi connectivity index (χ0v) is 21.0. The molecule has 1 amide bonds. The van der Waals surface area contributed by atoms with E-state index in [-0.39, 0.29) is 33.3 Å². The summed E-state index contributed by atoms with van der Waals surface area (Å²) in [6, 6.07) is 3.20. The van der Waals surface area contributed by atoms with Gasteiger partial charge in [0.15, 0.2) is 11.5 Å². The lowest BCUT2D eigenvalue weighted by Crippen LogP contribution is -2.36. The topological polar surface area (TPSA) is 98.0 Å². The van der Waals surface area contributed by atoms with Gasteiger partial charge < -0.3 is 9.72 Å². The zero-order valence-electron chi connectivity index (χ0n) is 18.6. The molecule has 1 unspecified atom stereocenters. The van der Waals surface area contributed by atoms with Crippen LogP contribution in [0.5, 0.6) is 0 Å². The van der Waals surface area contributed by atoms with Gasteiger partial charge in [0.05, 0.1) is 16.4 Å². The van der Waals surface area contributed by atoms with Gasteiger partial charge in [0.2, 0.25) is 5.91 Å². The minimum absolute atomic E-state index is 0.00123. The van der Waals surface area contributed by atoms with Crippen molar-refractivity contribution >= 4 is 44.9 Å². The van der Waals surface area contributed by atoms with Gasteiger partial charge in [-0.3, -0.25) is 9.78 Å². The van der Waals surface area contributed by atoms with E-state index in [0.717, 1.165) is 0 Å². The van der Waals surface area contributed by atoms with Crippen molar-refractivity contribution in [2.75, 3.05) is 5.32 Å². The van der Waals surface area contributed by atoms with Crippen molar-refractivity contribution in [2.24, 2.45) is 0 Å². The Morgan fingerprint density at radius 3 is 2.57 bits per heavy atom. The highest BCUT2D eigenvalue weighted by Gasteiger charge is 2.56. The Bertz CT molecular complexity index is 1540. The lowest BCUT2D eigenvalue weighted by Gasteiger charge is -2.22. The Morgan fingerprint density at radius 2 is 1.89 bits per heavy atom. The first kappa shape index (κ1) is 25.4. The molecule has 4 aromatic heterocycles. The average Bonchev–Trinajstić information content (AvgIpc) is 3.40. The molecule has 0 spiro atoms. The van der Waals surface area contributed by atoms with Gasteiger partial charge in [-0.05, 0) is 41.4 Å². The molecular formula is C22H14BrClF5N7O. The molecule has 0 saturated heterocycles. The predicted octanol–water partition coefficient (Wildman–Crippen LogP) is 5.39. The Kier molecular flexibility index (Phi) is 5.94. The van der Waals surface area contributed by atoms with Crippen molar-refractivity contribution in [3.05, 3.63) is 63.5 Å². The normalized spacial score (nSPS) is 17.8. The number of halogens is 7. The van der Waals surface area contributed by atoms with Gasteiger partial charge >= 0.3 is 12.1 Å². The van der Waals surface area contributed by atoms with Crippen LogP contribution in [0.25, 0.3) is 17.2 Å². The van der Waals surface area contributed by atoms with Gasteiger partial charge in [-0.1, -0.05) is 11.6 Å². The second-order valence-corrected chi connectivity index (χ2v) is 9.62. The number of nitrogens with zero attached hydrogens (tertiary/aromatic N) is 6. The minimum Gasteiger partial charge on any atom is -0.309 e. The molecular weight excluding hydrogens is 589 g/mol. The van der Waals surface area contributed by atoms with Crippen LogP contribution >= 0.6 is 27.5 Å². The number of anilines is 1. The molecule has 1 aliphatic heterocycles. The number of hydrogen-bond acceptors (Lipinski definition) is 6. The summed E-state index contributed by atoms with van der Waals surface area (Å²) in [6.45, 7) is 1.65. The molecule has 1 atom stereocenters. The first-order valence-corrected chi connectivity index (χ1v) is 11.8. The molecule has 0 fully saturated rings.